The molecule has 1 saturated heterocycles. The van der Waals surface area contributed by atoms with Gasteiger partial charge in [0.15, 0.2) is 0 Å². The van der Waals surface area contributed by atoms with Gasteiger partial charge in [-0.1, -0.05) is 30.3 Å². The first-order valence-corrected chi connectivity index (χ1v) is 5.58. The molecule has 1 heterocycles. The summed E-state index contributed by atoms with van der Waals surface area (Å²) in [6.07, 6.45) is 0.464. The predicted octanol–water partition coefficient (Wildman–Crippen LogP) is 2.49. The van der Waals surface area contributed by atoms with Crippen molar-refractivity contribution in [2.45, 2.75) is 37.9 Å². The number of rotatable bonds is 3. The summed E-state index contributed by atoms with van der Waals surface area (Å²) < 4.78 is 0. The first-order valence-electron chi connectivity index (χ1n) is 5.58. The van der Waals surface area contributed by atoms with Crippen LogP contribution in [0.15, 0.2) is 30.3 Å². The second-order valence-corrected chi connectivity index (χ2v) is 4.96. The quantitative estimate of drug-likeness (QED) is 0.819. The number of carboxylic acids is 1. The maximum Gasteiger partial charge on any atom is 0.306 e. The van der Waals surface area contributed by atoms with Crippen molar-refractivity contribution < 1.29 is 19.7 Å². The second kappa shape index (κ2) is 4.13. The van der Waals surface area contributed by atoms with Gasteiger partial charge in [-0.25, -0.2) is 9.78 Å². The van der Waals surface area contributed by atoms with Crippen molar-refractivity contribution in [2.75, 3.05) is 0 Å². The summed E-state index contributed by atoms with van der Waals surface area (Å²) in [6, 6.07) is 9.69. The number of carboxylic acid groups (broad SMARTS) is 1. The third-order valence-corrected chi connectivity index (χ3v) is 3.05. The molecule has 17 heavy (non-hydrogen) atoms. The van der Waals surface area contributed by atoms with Crippen LogP contribution < -0.4 is 0 Å². The van der Waals surface area contributed by atoms with E-state index in [9.17, 15) is 4.79 Å². The summed E-state index contributed by atoms with van der Waals surface area (Å²) in [7, 11) is 0. The molecule has 2 rings (SSSR count). The van der Waals surface area contributed by atoms with Gasteiger partial charge in [0.05, 0.1) is 6.42 Å². The SMILES string of the molecule is C[C@]1(CC(=O)O)C[C@](C)(c2ccccc2)OO1. The van der Waals surface area contributed by atoms with Gasteiger partial charge < -0.3 is 5.11 Å². The van der Waals surface area contributed by atoms with E-state index in [0.717, 1.165) is 5.56 Å². The van der Waals surface area contributed by atoms with Gasteiger partial charge in [0, 0.05) is 6.42 Å². The lowest BCUT2D eigenvalue weighted by Crippen LogP contribution is -2.29. The molecule has 1 aliphatic heterocycles. The molecule has 0 spiro atoms. The zero-order valence-electron chi connectivity index (χ0n) is 9.97. The Morgan fingerprint density at radius 1 is 1.29 bits per heavy atom. The molecule has 0 saturated carbocycles. The Labute approximate surface area is 100 Å². The molecular weight excluding hydrogens is 220 g/mol. The number of hydrogen-bond acceptors (Lipinski definition) is 3. The number of benzene rings is 1. The molecule has 0 bridgehead atoms. The Morgan fingerprint density at radius 3 is 2.53 bits per heavy atom. The van der Waals surface area contributed by atoms with Crippen LogP contribution in [0.2, 0.25) is 0 Å². The van der Waals surface area contributed by atoms with E-state index in [2.05, 4.69) is 0 Å². The number of hydrogen-bond donors (Lipinski definition) is 1. The molecule has 0 amide bonds. The van der Waals surface area contributed by atoms with Gasteiger partial charge in [-0.3, -0.25) is 4.79 Å². The molecule has 1 aromatic rings. The van der Waals surface area contributed by atoms with Crippen molar-refractivity contribution >= 4 is 5.97 Å². The van der Waals surface area contributed by atoms with E-state index < -0.39 is 17.2 Å². The zero-order chi connectivity index (χ0) is 12.5. The topological polar surface area (TPSA) is 55.8 Å². The van der Waals surface area contributed by atoms with Crippen LogP contribution in [-0.4, -0.2) is 16.7 Å². The Balaban J connectivity index is 2.18. The smallest absolute Gasteiger partial charge is 0.306 e. The Kier molecular flexibility index (Phi) is 2.93. The normalized spacial score (nSPS) is 32.6. The lowest BCUT2D eigenvalue weighted by molar-refractivity contribution is -0.347. The number of aliphatic carboxylic acids is 1. The van der Waals surface area contributed by atoms with Crippen LogP contribution in [0.4, 0.5) is 0 Å². The third-order valence-electron chi connectivity index (χ3n) is 3.05. The predicted molar refractivity (Wildman–Crippen MR) is 61.2 cm³/mol. The van der Waals surface area contributed by atoms with E-state index in [4.69, 9.17) is 14.9 Å². The largest absolute Gasteiger partial charge is 0.481 e. The highest BCUT2D eigenvalue weighted by Crippen LogP contribution is 2.44. The van der Waals surface area contributed by atoms with Crippen LogP contribution in [-0.2, 0) is 20.2 Å². The monoisotopic (exact) mass is 236 g/mol. The van der Waals surface area contributed by atoms with E-state index in [1.54, 1.807) is 6.92 Å². The van der Waals surface area contributed by atoms with Gasteiger partial charge >= 0.3 is 5.97 Å². The lowest BCUT2D eigenvalue weighted by atomic mass is 9.84. The summed E-state index contributed by atoms with van der Waals surface area (Å²) in [5.41, 5.74) is -0.351. The van der Waals surface area contributed by atoms with Crippen LogP contribution in [0.5, 0.6) is 0 Å². The van der Waals surface area contributed by atoms with Crippen LogP contribution >= 0.6 is 0 Å². The summed E-state index contributed by atoms with van der Waals surface area (Å²) in [4.78, 5) is 21.4. The minimum Gasteiger partial charge on any atom is -0.481 e. The third kappa shape index (κ3) is 2.48. The van der Waals surface area contributed by atoms with Gasteiger partial charge in [-0.05, 0) is 19.4 Å². The Hall–Kier alpha value is -1.39. The molecule has 4 nitrogen and oxygen atoms in total. The van der Waals surface area contributed by atoms with E-state index in [0.29, 0.717) is 6.42 Å². The zero-order valence-corrected chi connectivity index (χ0v) is 9.97. The van der Waals surface area contributed by atoms with Crippen LogP contribution in [0.1, 0.15) is 32.3 Å². The molecule has 1 N–H and O–H groups in total. The average Bonchev–Trinajstić information content (AvgIpc) is 2.56. The van der Waals surface area contributed by atoms with Crippen LogP contribution in [0, 0.1) is 0 Å². The van der Waals surface area contributed by atoms with Gasteiger partial charge in [-0.15, -0.1) is 0 Å². The fourth-order valence-electron chi connectivity index (χ4n) is 2.32. The minimum absolute atomic E-state index is 0.0601. The molecule has 1 fully saturated rings. The first-order chi connectivity index (χ1) is 7.94. The fraction of sp³-hybridized carbons (Fsp3) is 0.462. The maximum absolute atomic E-state index is 10.8. The molecule has 92 valence electrons. The summed E-state index contributed by atoms with van der Waals surface area (Å²) in [5.74, 6) is -0.881. The van der Waals surface area contributed by atoms with Crippen molar-refractivity contribution in [1.29, 1.82) is 0 Å². The van der Waals surface area contributed by atoms with E-state index in [1.165, 1.54) is 0 Å². The number of carbonyl (C=O) groups is 1. The van der Waals surface area contributed by atoms with Crippen molar-refractivity contribution in [3.8, 4) is 0 Å². The molecular formula is C13H16O4. The molecule has 0 unspecified atom stereocenters. The molecule has 4 heteroatoms. The van der Waals surface area contributed by atoms with Gasteiger partial charge in [-0.2, -0.15) is 0 Å². The highest BCUT2D eigenvalue weighted by atomic mass is 17.2. The van der Waals surface area contributed by atoms with Crippen molar-refractivity contribution in [1.82, 2.24) is 0 Å². The van der Waals surface area contributed by atoms with Crippen LogP contribution in [0.25, 0.3) is 0 Å². The van der Waals surface area contributed by atoms with Crippen LogP contribution in [0.3, 0.4) is 0 Å². The molecule has 0 aliphatic carbocycles. The maximum atomic E-state index is 10.8. The lowest BCUT2D eigenvalue weighted by Gasteiger charge is -2.22. The molecule has 0 aromatic heterocycles. The summed E-state index contributed by atoms with van der Waals surface area (Å²) in [5, 5.41) is 8.84. The molecule has 1 aromatic carbocycles. The van der Waals surface area contributed by atoms with Gasteiger partial charge in [0.1, 0.15) is 11.2 Å². The highest BCUT2D eigenvalue weighted by molar-refractivity contribution is 5.68. The molecule has 0 radical (unpaired) electrons. The average molecular weight is 236 g/mol. The van der Waals surface area contributed by atoms with Crippen molar-refractivity contribution in [3.63, 3.8) is 0 Å². The second-order valence-electron chi connectivity index (χ2n) is 4.96. The summed E-state index contributed by atoms with van der Waals surface area (Å²) in [6.45, 7) is 3.67. The van der Waals surface area contributed by atoms with Crippen molar-refractivity contribution in [2.24, 2.45) is 0 Å². The first kappa shape index (κ1) is 12.1. The van der Waals surface area contributed by atoms with Gasteiger partial charge in [0.2, 0.25) is 0 Å². The molecule has 2 atom stereocenters. The Morgan fingerprint density at radius 2 is 1.94 bits per heavy atom. The van der Waals surface area contributed by atoms with E-state index in [-0.39, 0.29) is 6.42 Å². The van der Waals surface area contributed by atoms with E-state index >= 15 is 0 Å². The highest BCUT2D eigenvalue weighted by Gasteiger charge is 2.48. The van der Waals surface area contributed by atoms with E-state index in [1.807, 2.05) is 37.3 Å². The Bertz CT molecular complexity index is 417. The van der Waals surface area contributed by atoms with Gasteiger partial charge in [0.25, 0.3) is 0 Å². The minimum atomic E-state index is -0.881. The summed E-state index contributed by atoms with van der Waals surface area (Å²) >= 11 is 0. The molecule has 1 aliphatic rings. The standard InChI is InChI=1S/C13H16O4/c1-12(8-11(14)15)9-13(2,17-16-12)10-6-4-3-5-7-10/h3-7H,8-9H2,1-2H3,(H,14,15)/t12-,13+/m0/s1. The fourth-order valence-corrected chi connectivity index (χ4v) is 2.32. The van der Waals surface area contributed by atoms with Crippen molar-refractivity contribution in [3.05, 3.63) is 35.9 Å².